The van der Waals surface area contributed by atoms with Crippen LogP contribution in [-0.4, -0.2) is 46.7 Å². The van der Waals surface area contributed by atoms with Crippen molar-refractivity contribution in [3.8, 4) is 0 Å². The lowest BCUT2D eigenvalue weighted by atomic mass is 10.2. The second-order valence-corrected chi connectivity index (χ2v) is 8.29. The van der Waals surface area contributed by atoms with Gasteiger partial charge in [-0.25, -0.2) is 0 Å². The number of hydrogen-bond donors (Lipinski definition) is 1. The van der Waals surface area contributed by atoms with Crippen molar-refractivity contribution >= 4 is 17.7 Å². The van der Waals surface area contributed by atoms with E-state index in [0.717, 1.165) is 43.2 Å². The van der Waals surface area contributed by atoms with E-state index in [4.69, 9.17) is 4.74 Å². The van der Waals surface area contributed by atoms with Gasteiger partial charge in [0, 0.05) is 32.5 Å². The predicted molar refractivity (Wildman–Crippen MR) is 118 cm³/mol. The number of aromatic nitrogens is 3. The Balaban J connectivity index is 1.54. The first kappa shape index (κ1) is 23.4. The third-order valence-corrected chi connectivity index (χ3v) is 5.16. The zero-order chi connectivity index (χ0) is 20.9. The number of aryl methyl sites for hydroxylation is 1. The Morgan fingerprint density at radius 1 is 1.14 bits per heavy atom. The molecule has 0 saturated heterocycles. The summed E-state index contributed by atoms with van der Waals surface area (Å²) in [6.07, 6.45) is 5.88. The molecule has 1 heterocycles. The molecule has 1 aromatic heterocycles. The van der Waals surface area contributed by atoms with Crippen LogP contribution < -0.4 is 5.32 Å². The molecule has 6 nitrogen and oxygen atoms in total. The van der Waals surface area contributed by atoms with Crippen LogP contribution in [0.2, 0.25) is 0 Å². The molecule has 7 heteroatoms. The first-order valence-electron chi connectivity index (χ1n) is 10.4. The molecule has 0 aliphatic heterocycles. The maximum atomic E-state index is 12.0. The molecule has 0 unspecified atom stereocenters. The van der Waals surface area contributed by atoms with Gasteiger partial charge in [0.2, 0.25) is 5.91 Å². The second kappa shape index (κ2) is 13.4. The van der Waals surface area contributed by atoms with Gasteiger partial charge in [0.1, 0.15) is 5.82 Å². The number of ether oxygens (including phenoxy) is 1. The van der Waals surface area contributed by atoms with E-state index in [9.17, 15) is 4.79 Å². The lowest BCUT2D eigenvalue weighted by Crippen LogP contribution is -2.25. The monoisotopic (exact) mass is 418 g/mol. The first-order chi connectivity index (χ1) is 14.1. The van der Waals surface area contributed by atoms with Crippen LogP contribution in [0.25, 0.3) is 0 Å². The summed E-state index contributed by atoms with van der Waals surface area (Å²) < 4.78 is 7.83. The van der Waals surface area contributed by atoms with E-state index in [-0.39, 0.29) is 5.91 Å². The number of thioether (sulfide) groups is 1. The number of amides is 1. The molecule has 0 fully saturated rings. The summed E-state index contributed by atoms with van der Waals surface area (Å²) in [7, 11) is 0. The van der Waals surface area contributed by atoms with E-state index in [1.54, 1.807) is 11.8 Å². The van der Waals surface area contributed by atoms with Crippen LogP contribution in [0.1, 0.15) is 44.5 Å². The molecule has 0 radical (unpaired) electrons. The van der Waals surface area contributed by atoms with Gasteiger partial charge in [-0.15, -0.1) is 10.2 Å². The molecule has 1 amide bonds. The quantitative estimate of drug-likeness (QED) is 0.374. The predicted octanol–water partition coefficient (Wildman–Crippen LogP) is 3.74. The molecule has 0 bridgehead atoms. The minimum Gasteiger partial charge on any atom is -0.381 e. The highest BCUT2D eigenvalue weighted by Crippen LogP contribution is 2.16. The van der Waals surface area contributed by atoms with E-state index >= 15 is 0 Å². The molecule has 1 N–H and O–H groups in total. The lowest BCUT2D eigenvalue weighted by Gasteiger charge is -2.11. The minimum absolute atomic E-state index is 0.0881. The van der Waals surface area contributed by atoms with Crippen LogP contribution in [0.4, 0.5) is 0 Å². The van der Waals surface area contributed by atoms with Gasteiger partial charge in [-0.1, -0.05) is 55.9 Å². The smallest absolute Gasteiger partial charge is 0.220 e. The van der Waals surface area contributed by atoms with Gasteiger partial charge in [0.15, 0.2) is 5.16 Å². The Morgan fingerprint density at radius 3 is 2.66 bits per heavy atom. The largest absolute Gasteiger partial charge is 0.381 e. The van der Waals surface area contributed by atoms with Crippen LogP contribution in [0.5, 0.6) is 0 Å². The molecule has 160 valence electrons. The van der Waals surface area contributed by atoms with Crippen LogP contribution in [-0.2, 0) is 28.9 Å². The van der Waals surface area contributed by atoms with E-state index in [1.807, 2.05) is 24.5 Å². The SMILES string of the molecule is CSc1nnc(CCCNC(=O)CCCOCCc2ccccc2)n1CC(C)C. The van der Waals surface area contributed by atoms with Gasteiger partial charge in [-0.05, 0) is 37.0 Å². The number of benzene rings is 1. The summed E-state index contributed by atoms with van der Waals surface area (Å²) in [5.74, 6) is 1.64. The molecule has 0 atom stereocenters. The number of carbonyl (C=O) groups is 1. The topological polar surface area (TPSA) is 69.0 Å². The zero-order valence-corrected chi connectivity index (χ0v) is 18.7. The number of hydrogen-bond acceptors (Lipinski definition) is 5. The molecule has 0 spiro atoms. The Morgan fingerprint density at radius 2 is 1.93 bits per heavy atom. The number of nitrogens with zero attached hydrogens (tertiary/aromatic N) is 3. The van der Waals surface area contributed by atoms with E-state index in [2.05, 4.69) is 46.1 Å². The standard InChI is InChI=1S/C22H34N4O2S/c1-18(2)17-26-20(24-25-22(26)29-3)11-7-14-23-21(27)12-8-15-28-16-13-19-9-5-4-6-10-19/h4-6,9-10,18H,7-8,11-17H2,1-3H3,(H,23,27). The van der Waals surface area contributed by atoms with Gasteiger partial charge >= 0.3 is 0 Å². The Bertz CT molecular complexity index is 719. The van der Waals surface area contributed by atoms with Crippen LogP contribution in [0, 0.1) is 5.92 Å². The van der Waals surface area contributed by atoms with Gasteiger partial charge in [0.05, 0.1) is 6.61 Å². The van der Waals surface area contributed by atoms with Gasteiger partial charge < -0.3 is 14.6 Å². The maximum Gasteiger partial charge on any atom is 0.220 e. The summed E-state index contributed by atoms with van der Waals surface area (Å²) in [4.78, 5) is 12.0. The highest BCUT2D eigenvalue weighted by atomic mass is 32.2. The molecule has 0 aliphatic rings. The third-order valence-electron chi connectivity index (χ3n) is 4.49. The van der Waals surface area contributed by atoms with E-state index < -0.39 is 0 Å². The van der Waals surface area contributed by atoms with Crippen LogP contribution >= 0.6 is 11.8 Å². The average molecular weight is 419 g/mol. The summed E-state index contributed by atoms with van der Waals surface area (Å²) in [5, 5.41) is 12.5. The highest BCUT2D eigenvalue weighted by Gasteiger charge is 2.12. The molecular formula is C22H34N4O2S. The second-order valence-electron chi connectivity index (χ2n) is 7.51. The minimum atomic E-state index is 0.0881. The Hall–Kier alpha value is -1.86. The average Bonchev–Trinajstić information content (AvgIpc) is 3.09. The summed E-state index contributed by atoms with van der Waals surface area (Å²) in [6.45, 7) is 7.29. The third kappa shape index (κ3) is 9.00. The molecule has 2 aromatic rings. The van der Waals surface area contributed by atoms with Crippen molar-refractivity contribution in [2.45, 2.75) is 57.7 Å². The summed E-state index contributed by atoms with van der Waals surface area (Å²) >= 11 is 1.62. The van der Waals surface area contributed by atoms with Gasteiger partial charge in [0.25, 0.3) is 0 Å². The van der Waals surface area contributed by atoms with Crippen molar-refractivity contribution in [2.24, 2.45) is 5.92 Å². The summed E-state index contributed by atoms with van der Waals surface area (Å²) in [6, 6.07) is 10.3. The van der Waals surface area contributed by atoms with Crippen molar-refractivity contribution in [3.05, 3.63) is 41.7 Å². The lowest BCUT2D eigenvalue weighted by molar-refractivity contribution is -0.121. The number of rotatable bonds is 14. The fraction of sp³-hybridized carbons (Fsp3) is 0.591. The van der Waals surface area contributed by atoms with E-state index in [0.29, 0.717) is 32.1 Å². The number of nitrogens with one attached hydrogen (secondary N) is 1. The highest BCUT2D eigenvalue weighted by molar-refractivity contribution is 7.98. The van der Waals surface area contributed by atoms with Crippen molar-refractivity contribution in [2.75, 3.05) is 26.0 Å². The maximum absolute atomic E-state index is 12.0. The van der Waals surface area contributed by atoms with Gasteiger partial charge in [-0.3, -0.25) is 4.79 Å². The summed E-state index contributed by atoms with van der Waals surface area (Å²) in [5.41, 5.74) is 1.28. The van der Waals surface area contributed by atoms with E-state index in [1.165, 1.54) is 5.56 Å². The normalized spacial score (nSPS) is 11.2. The fourth-order valence-corrected chi connectivity index (χ4v) is 3.56. The number of carbonyl (C=O) groups excluding carboxylic acids is 1. The van der Waals surface area contributed by atoms with Gasteiger partial charge in [-0.2, -0.15) is 0 Å². The molecule has 0 aliphatic carbocycles. The molecular weight excluding hydrogens is 384 g/mol. The molecule has 0 saturated carbocycles. The Kier molecular flexibility index (Phi) is 10.8. The molecule has 29 heavy (non-hydrogen) atoms. The fourth-order valence-electron chi connectivity index (χ4n) is 3.04. The molecule has 1 aromatic carbocycles. The zero-order valence-electron chi connectivity index (χ0n) is 17.9. The molecule has 2 rings (SSSR count). The van der Waals surface area contributed by atoms with Crippen LogP contribution in [0.3, 0.4) is 0 Å². The first-order valence-corrected chi connectivity index (χ1v) is 11.7. The van der Waals surface area contributed by atoms with Crippen LogP contribution in [0.15, 0.2) is 35.5 Å². The van der Waals surface area contributed by atoms with Crippen molar-refractivity contribution < 1.29 is 9.53 Å². The Labute approximate surface area is 178 Å². The van der Waals surface area contributed by atoms with Crippen molar-refractivity contribution in [1.29, 1.82) is 0 Å². The van der Waals surface area contributed by atoms with Crippen molar-refractivity contribution in [1.82, 2.24) is 20.1 Å². The van der Waals surface area contributed by atoms with Crippen molar-refractivity contribution in [3.63, 3.8) is 0 Å².